The van der Waals surface area contributed by atoms with Gasteiger partial charge in [-0.15, -0.1) is 0 Å². The fourth-order valence-corrected chi connectivity index (χ4v) is 1.82. The van der Waals surface area contributed by atoms with Crippen molar-refractivity contribution in [2.75, 3.05) is 0 Å². The standard InChI is InChI=1S/C9H10O2/c10-9(11)8-5-6-1-3-7(8)4-2-6/h1,3,5-7H,2,4H2,(H,10,11)/t6-,7+/m1/s1. The van der Waals surface area contributed by atoms with Crippen molar-refractivity contribution in [2.24, 2.45) is 11.8 Å². The van der Waals surface area contributed by atoms with Gasteiger partial charge in [-0.1, -0.05) is 18.2 Å². The second-order valence-corrected chi connectivity index (χ2v) is 3.16. The Labute approximate surface area is 65.2 Å². The molecular weight excluding hydrogens is 140 g/mol. The van der Waals surface area contributed by atoms with E-state index in [2.05, 4.69) is 6.08 Å². The van der Waals surface area contributed by atoms with Crippen molar-refractivity contribution in [3.63, 3.8) is 0 Å². The Bertz CT molecular complexity index is 250. The number of hydrogen-bond donors (Lipinski definition) is 1. The number of carboxylic acids is 1. The second kappa shape index (κ2) is 2.22. The largest absolute Gasteiger partial charge is 0.478 e. The molecule has 3 rings (SSSR count). The summed E-state index contributed by atoms with van der Waals surface area (Å²) in [6.45, 7) is 0. The van der Waals surface area contributed by atoms with Crippen LogP contribution in [-0.4, -0.2) is 11.1 Å². The lowest BCUT2D eigenvalue weighted by atomic mass is 9.77. The van der Waals surface area contributed by atoms with Crippen LogP contribution in [0.1, 0.15) is 12.8 Å². The van der Waals surface area contributed by atoms with Gasteiger partial charge >= 0.3 is 5.97 Å². The number of hydrogen-bond acceptors (Lipinski definition) is 1. The summed E-state index contributed by atoms with van der Waals surface area (Å²) in [5.41, 5.74) is 0.601. The first-order valence-electron chi connectivity index (χ1n) is 3.90. The minimum absolute atomic E-state index is 0.192. The van der Waals surface area contributed by atoms with Gasteiger partial charge in [0.15, 0.2) is 0 Å². The highest BCUT2D eigenvalue weighted by atomic mass is 16.4. The van der Waals surface area contributed by atoms with Crippen LogP contribution in [0.4, 0.5) is 0 Å². The molecule has 0 aliphatic heterocycles. The first-order chi connectivity index (χ1) is 5.27. The lowest BCUT2D eigenvalue weighted by molar-refractivity contribution is -0.133. The predicted molar refractivity (Wildman–Crippen MR) is 41.1 cm³/mol. The number of fused-ring (bicyclic) bond motifs is 1. The molecule has 1 N–H and O–H groups in total. The number of carbonyl (C=O) groups is 1. The van der Waals surface area contributed by atoms with E-state index in [1.54, 1.807) is 0 Å². The first-order valence-corrected chi connectivity index (χ1v) is 3.90. The topological polar surface area (TPSA) is 37.3 Å². The molecule has 0 spiro atoms. The second-order valence-electron chi connectivity index (χ2n) is 3.16. The van der Waals surface area contributed by atoms with Crippen LogP contribution in [0, 0.1) is 11.8 Å². The van der Waals surface area contributed by atoms with Crippen molar-refractivity contribution in [3.8, 4) is 0 Å². The average molecular weight is 150 g/mol. The van der Waals surface area contributed by atoms with Gasteiger partial charge in [-0.05, 0) is 18.8 Å². The lowest BCUT2D eigenvalue weighted by Crippen LogP contribution is -2.21. The summed E-state index contributed by atoms with van der Waals surface area (Å²) in [5, 5.41) is 8.76. The summed E-state index contributed by atoms with van der Waals surface area (Å²) in [5.74, 6) is -0.160. The molecule has 2 atom stereocenters. The van der Waals surface area contributed by atoms with E-state index in [1.807, 2.05) is 12.2 Å². The highest BCUT2D eigenvalue weighted by Crippen LogP contribution is 2.35. The normalized spacial score (nSPS) is 33.6. The number of carboxylic acid groups (broad SMARTS) is 1. The maximum absolute atomic E-state index is 10.6. The van der Waals surface area contributed by atoms with E-state index in [0.29, 0.717) is 11.5 Å². The van der Waals surface area contributed by atoms with Crippen LogP contribution >= 0.6 is 0 Å². The van der Waals surface area contributed by atoms with Crippen molar-refractivity contribution in [1.29, 1.82) is 0 Å². The zero-order valence-electron chi connectivity index (χ0n) is 6.16. The molecule has 0 fully saturated rings. The number of rotatable bonds is 1. The van der Waals surface area contributed by atoms with Gasteiger partial charge in [0.25, 0.3) is 0 Å². The molecule has 3 aliphatic rings. The van der Waals surface area contributed by atoms with Crippen LogP contribution in [0.2, 0.25) is 0 Å². The Morgan fingerprint density at radius 2 is 2.27 bits per heavy atom. The first kappa shape index (κ1) is 6.65. The van der Waals surface area contributed by atoms with Crippen molar-refractivity contribution in [3.05, 3.63) is 23.8 Å². The zero-order chi connectivity index (χ0) is 7.84. The van der Waals surface area contributed by atoms with E-state index >= 15 is 0 Å². The molecule has 0 aromatic rings. The van der Waals surface area contributed by atoms with E-state index < -0.39 is 5.97 Å². The van der Waals surface area contributed by atoms with Gasteiger partial charge in [0.2, 0.25) is 0 Å². The van der Waals surface area contributed by atoms with Crippen LogP contribution in [0.3, 0.4) is 0 Å². The van der Waals surface area contributed by atoms with Crippen molar-refractivity contribution >= 4 is 5.97 Å². The van der Waals surface area contributed by atoms with E-state index in [4.69, 9.17) is 5.11 Å². The summed E-state index contributed by atoms with van der Waals surface area (Å²) < 4.78 is 0. The van der Waals surface area contributed by atoms with Gasteiger partial charge < -0.3 is 5.11 Å². The molecule has 2 nitrogen and oxygen atoms in total. The smallest absolute Gasteiger partial charge is 0.331 e. The Hall–Kier alpha value is -1.05. The van der Waals surface area contributed by atoms with E-state index in [-0.39, 0.29) is 5.92 Å². The maximum Gasteiger partial charge on any atom is 0.331 e. The number of aliphatic carboxylic acids is 1. The van der Waals surface area contributed by atoms with Crippen LogP contribution in [0.5, 0.6) is 0 Å². The zero-order valence-corrected chi connectivity index (χ0v) is 6.16. The third kappa shape index (κ3) is 0.985. The molecule has 2 bridgehead atoms. The van der Waals surface area contributed by atoms with Gasteiger partial charge in [0.1, 0.15) is 0 Å². The maximum atomic E-state index is 10.6. The summed E-state index contributed by atoms with van der Waals surface area (Å²) in [7, 11) is 0. The van der Waals surface area contributed by atoms with Gasteiger partial charge in [-0.3, -0.25) is 0 Å². The molecule has 58 valence electrons. The molecule has 11 heavy (non-hydrogen) atoms. The van der Waals surface area contributed by atoms with Crippen molar-refractivity contribution < 1.29 is 9.90 Å². The van der Waals surface area contributed by atoms with Crippen LogP contribution in [0.25, 0.3) is 0 Å². The van der Waals surface area contributed by atoms with Crippen molar-refractivity contribution in [1.82, 2.24) is 0 Å². The molecule has 0 aromatic heterocycles. The SMILES string of the molecule is O=C(O)C1=C[C@@H]2C=C[C@H]1CC2. The molecule has 0 radical (unpaired) electrons. The minimum atomic E-state index is -0.746. The number of allylic oxidation sites excluding steroid dienone is 3. The van der Waals surface area contributed by atoms with Gasteiger partial charge in [0.05, 0.1) is 0 Å². The Kier molecular flexibility index (Phi) is 1.34. The van der Waals surface area contributed by atoms with Crippen molar-refractivity contribution in [2.45, 2.75) is 12.8 Å². The molecule has 0 amide bonds. The summed E-state index contributed by atoms with van der Waals surface area (Å²) >= 11 is 0. The Morgan fingerprint density at radius 3 is 2.55 bits per heavy atom. The quantitative estimate of drug-likeness (QED) is 0.576. The third-order valence-electron chi connectivity index (χ3n) is 2.44. The fourth-order valence-electron chi connectivity index (χ4n) is 1.82. The molecule has 0 saturated carbocycles. The van der Waals surface area contributed by atoms with Gasteiger partial charge in [-0.2, -0.15) is 0 Å². The monoisotopic (exact) mass is 150 g/mol. The van der Waals surface area contributed by atoms with E-state index in [0.717, 1.165) is 12.8 Å². The Morgan fingerprint density at radius 1 is 1.45 bits per heavy atom. The average Bonchev–Trinajstić information content (AvgIpc) is 2.06. The molecule has 2 heteroatoms. The molecule has 0 saturated heterocycles. The van der Waals surface area contributed by atoms with Gasteiger partial charge in [-0.25, -0.2) is 4.79 Å². The summed E-state index contributed by atoms with van der Waals surface area (Å²) in [6.07, 6.45) is 8.16. The molecular formula is C9H10O2. The van der Waals surface area contributed by atoms with Crippen LogP contribution in [0.15, 0.2) is 23.8 Å². The predicted octanol–water partition coefficient (Wildman–Crippen LogP) is 1.59. The third-order valence-corrected chi connectivity index (χ3v) is 2.44. The minimum Gasteiger partial charge on any atom is -0.478 e. The highest BCUT2D eigenvalue weighted by Gasteiger charge is 2.27. The lowest BCUT2D eigenvalue weighted by Gasteiger charge is -2.27. The Balaban J connectivity index is 2.31. The van der Waals surface area contributed by atoms with Crippen LogP contribution < -0.4 is 0 Å². The van der Waals surface area contributed by atoms with E-state index in [1.165, 1.54) is 0 Å². The fraction of sp³-hybridized carbons (Fsp3) is 0.444. The molecule has 0 heterocycles. The van der Waals surface area contributed by atoms with Crippen LogP contribution in [-0.2, 0) is 4.79 Å². The van der Waals surface area contributed by atoms with E-state index in [9.17, 15) is 4.79 Å². The summed E-state index contributed by atoms with van der Waals surface area (Å²) in [6, 6.07) is 0. The highest BCUT2D eigenvalue weighted by molar-refractivity contribution is 5.88. The molecule has 0 unspecified atom stereocenters. The summed E-state index contributed by atoms with van der Waals surface area (Å²) in [4.78, 5) is 10.6. The van der Waals surface area contributed by atoms with Gasteiger partial charge in [0, 0.05) is 11.5 Å². The molecule has 0 aromatic carbocycles. The molecule has 3 aliphatic carbocycles.